The summed E-state index contributed by atoms with van der Waals surface area (Å²) in [6.45, 7) is 3.76. The molecule has 0 aliphatic rings. The molecule has 0 saturated carbocycles. The van der Waals surface area contributed by atoms with Crippen molar-refractivity contribution in [1.82, 2.24) is 15.3 Å². The fourth-order valence-electron chi connectivity index (χ4n) is 2.00. The Hall–Kier alpha value is -1.56. The molecule has 108 valence electrons. The average Bonchev–Trinajstić information content (AvgIpc) is 3.17. The second kappa shape index (κ2) is 6.93. The Morgan fingerprint density at radius 1 is 1.10 bits per heavy atom. The maximum Gasteiger partial charge on any atom is 0.107 e. The van der Waals surface area contributed by atoms with Gasteiger partial charge in [0.15, 0.2) is 0 Å². The number of nitrogens with one attached hydrogen (secondary N) is 1. The van der Waals surface area contributed by atoms with Crippen molar-refractivity contribution in [2.75, 3.05) is 0 Å². The van der Waals surface area contributed by atoms with Crippen LogP contribution in [0.25, 0.3) is 11.3 Å². The lowest BCUT2D eigenvalue weighted by atomic mass is 10.2. The zero-order valence-corrected chi connectivity index (χ0v) is 13.5. The van der Waals surface area contributed by atoms with Crippen LogP contribution in [0.2, 0.25) is 0 Å². The summed E-state index contributed by atoms with van der Waals surface area (Å²) in [5, 5.41) is 7.79. The molecule has 1 aromatic carbocycles. The van der Waals surface area contributed by atoms with E-state index < -0.39 is 0 Å². The quantitative estimate of drug-likeness (QED) is 0.743. The lowest BCUT2D eigenvalue weighted by molar-refractivity contribution is 0.687. The van der Waals surface area contributed by atoms with Gasteiger partial charge in [0.25, 0.3) is 0 Å². The molecule has 2 aromatic heterocycles. The topological polar surface area (TPSA) is 37.8 Å². The Labute approximate surface area is 132 Å². The lowest BCUT2D eigenvalue weighted by Gasteiger charge is -1.99. The van der Waals surface area contributed by atoms with Gasteiger partial charge in [0, 0.05) is 35.1 Å². The summed E-state index contributed by atoms with van der Waals surface area (Å²) in [4.78, 5) is 10.4. The minimum atomic E-state index is 0.790. The first kappa shape index (κ1) is 14.4. The molecule has 0 aliphatic carbocycles. The van der Waals surface area contributed by atoms with E-state index in [0.717, 1.165) is 35.2 Å². The molecular weight excluding hydrogens is 298 g/mol. The number of nitrogens with zero attached hydrogens (tertiary/aromatic N) is 2. The van der Waals surface area contributed by atoms with Crippen molar-refractivity contribution in [3.63, 3.8) is 0 Å². The molecule has 0 bridgehead atoms. The fraction of sp³-hybridized carbons (Fsp3) is 0.250. The molecule has 3 aromatic rings. The zero-order valence-electron chi connectivity index (χ0n) is 11.9. The van der Waals surface area contributed by atoms with Crippen LogP contribution in [-0.2, 0) is 19.5 Å². The van der Waals surface area contributed by atoms with Crippen LogP contribution in [0.15, 0.2) is 41.9 Å². The molecule has 3 rings (SSSR count). The van der Waals surface area contributed by atoms with E-state index in [9.17, 15) is 0 Å². The first-order valence-electron chi connectivity index (χ1n) is 6.99. The smallest absolute Gasteiger partial charge is 0.107 e. The van der Waals surface area contributed by atoms with Gasteiger partial charge in [-0.2, -0.15) is 0 Å². The van der Waals surface area contributed by atoms with Crippen molar-refractivity contribution in [3.05, 3.63) is 56.8 Å². The first-order chi connectivity index (χ1) is 10.3. The summed E-state index contributed by atoms with van der Waals surface area (Å²) in [6, 6.07) is 10.3. The Morgan fingerprint density at radius 2 is 1.90 bits per heavy atom. The second-order valence-electron chi connectivity index (χ2n) is 4.67. The number of aryl methyl sites for hydroxylation is 1. The van der Waals surface area contributed by atoms with E-state index >= 15 is 0 Å². The number of rotatable bonds is 6. The van der Waals surface area contributed by atoms with Gasteiger partial charge in [-0.15, -0.1) is 22.7 Å². The van der Waals surface area contributed by atoms with Gasteiger partial charge in [-0.1, -0.05) is 37.3 Å². The van der Waals surface area contributed by atoms with Crippen LogP contribution < -0.4 is 5.32 Å². The summed E-state index contributed by atoms with van der Waals surface area (Å²) >= 11 is 3.48. The van der Waals surface area contributed by atoms with Gasteiger partial charge in [0.05, 0.1) is 5.69 Å². The lowest BCUT2D eigenvalue weighted by Crippen LogP contribution is -2.12. The molecule has 2 heterocycles. The third-order valence-electron chi connectivity index (χ3n) is 3.12. The summed E-state index contributed by atoms with van der Waals surface area (Å²) in [7, 11) is 0. The number of thiazole rings is 2. The number of hydrogen-bond acceptors (Lipinski definition) is 5. The van der Waals surface area contributed by atoms with E-state index in [1.807, 2.05) is 24.4 Å². The average molecular weight is 315 g/mol. The molecule has 1 N–H and O–H groups in total. The Kier molecular flexibility index (Phi) is 4.75. The van der Waals surface area contributed by atoms with E-state index in [1.165, 1.54) is 10.4 Å². The minimum absolute atomic E-state index is 0.790. The maximum absolute atomic E-state index is 4.67. The summed E-state index contributed by atoms with van der Waals surface area (Å²) < 4.78 is 0. The van der Waals surface area contributed by atoms with Gasteiger partial charge in [-0.3, -0.25) is 0 Å². The number of hydrogen-bond donors (Lipinski definition) is 1. The highest BCUT2D eigenvalue weighted by atomic mass is 32.1. The third-order valence-corrected chi connectivity index (χ3v) is 5.11. The van der Waals surface area contributed by atoms with Crippen LogP contribution in [0.5, 0.6) is 0 Å². The van der Waals surface area contributed by atoms with Crippen molar-refractivity contribution < 1.29 is 0 Å². The molecule has 0 radical (unpaired) electrons. The molecule has 0 saturated heterocycles. The van der Waals surface area contributed by atoms with Crippen molar-refractivity contribution >= 4 is 22.7 Å². The largest absolute Gasteiger partial charge is 0.304 e. The van der Waals surface area contributed by atoms with E-state index in [-0.39, 0.29) is 0 Å². The Morgan fingerprint density at radius 3 is 2.67 bits per heavy atom. The monoisotopic (exact) mass is 315 g/mol. The van der Waals surface area contributed by atoms with E-state index in [1.54, 1.807) is 22.7 Å². The van der Waals surface area contributed by atoms with Gasteiger partial charge in [0.2, 0.25) is 0 Å². The summed E-state index contributed by atoms with van der Waals surface area (Å²) in [6.07, 6.45) is 3.03. The van der Waals surface area contributed by atoms with Gasteiger partial charge >= 0.3 is 0 Å². The maximum atomic E-state index is 4.67. The van der Waals surface area contributed by atoms with Crippen molar-refractivity contribution in [2.24, 2.45) is 0 Å². The predicted molar refractivity (Wildman–Crippen MR) is 89.6 cm³/mol. The second-order valence-corrected chi connectivity index (χ2v) is 6.81. The van der Waals surface area contributed by atoms with Crippen molar-refractivity contribution in [2.45, 2.75) is 26.4 Å². The molecule has 0 unspecified atom stereocenters. The van der Waals surface area contributed by atoms with Crippen LogP contribution in [-0.4, -0.2) is 9.97 Å². The highest BCUT2D eigenvalue weighted by Crippen LogP contribution is 2.21. The van der Waals surface area contributed by atoms with Crippen LogP contribution >= 0.6 is 22.7 Å². The van der Waals surface area contributed by atoms with Crippen molar-refractivity contribution in [3.8, 4) is 11.3 Å². The molecule has 0 aliphatic heterocycles. The summed E-state index contributed by atoms with van der Waals surface area (Å²) in [5.74, 6) is 0. The molecule has 21 heavy (non-hydrogen) atoms. The predicted octanol–water partition coefficient (Wildman–Crippen LogP) is 4.12. The molecule has 3 nitrogen and oxygen atoms in total. The molecule has 0 fully saturated rings. The van der Waals surface area contributed by atoms with Crippen LogP contribution in [0, 0.1) is 0 Å². The molecule has 0 atom stereocenters. The Bertz CT molecular complexity index is 688. The SMILES string of the molecule is CCc1cnc(CNCc2nc(-c3ccccc3)cs2)s1. The highest BCUT2D eigenvalue weighted by molar-refractivity contribution is 7.11. The fourth-order valence-corrected chi connectivity index (χ4v) is 3.61. The van der Waals surface area contributed by atoms with Crippen molar-refractivity contribution in [1.29, 1.82) is 0 Å². The van der Waals surface area contributed by atoms with Gasteiger partial charge in [-0.05, 0) is 6.42 Å². The van der Waals surface area contributed by atoms with Gasteiger partial charge in [-0.25, -0.2) is 9.97 Å². The highest BCUT2D eigenvalue weighted by Gasteiger charge is 2.05. The van der Waals surface area contributed by atoms with E-state index in [4.69, 9.17) is 0 Å². The summed E-state index contributed by atoms with van der Waals surface area (Å²) in [5.41, 5.74) is 2.23. The molecule has 5 heteroatoms. The zero-order chi connectivity index (χ0) is 14.5. The van der Waals surface area contributed by atoms with Crippen LogP contribution in [0.4, 0.5) is 0 Å². The van der Waals surface area contributed by atoms with Crippen LogP contribution in [0.1, 0.15) is 21.8 Å². The van der Waals surface area contributed by atoms with E-state index in [2.05, 4.69) is 39.7 Å². The number of benzene rings is 1. The number of aromatic nitrogens is 2. The van der Waals surface area contributed by atoms with Gasteiger partial charge in [0.1, 0.15) is 10.0 Å². The van der Waals surface area contributed by atoms with Crippen LogP contribution in [0.3, 0.4) is 0 Å². The molecule has 0 amide bonds. The molecule has 0 spiro atoms. The van der Waals surface area contributed by atoms with Gasteiger partial charge < -0.3 is 5.32 Å². The normalized spacial score (nSPS) is 10.9. The first-order valence-corrected chi connectivity index (χ1v) is 8.69. The Balaban J connectivity index is 1.55. The minimum Gasteiger partial charge on any atom is -0.304 e. The van der Waals surface area contributed by atoms with E-state index in [0.29, 0.717) is 0 Å². The standard InChI is InChI=1S/C16H17N3S2/c1-2-13-8-18-15(21-13)9-17-10-16-19-14(11-20-16)12-6-4-3-5-7-12/h3-8,11,17H,2,9-10H2,1H3. The molecular formula is C16H17N3S2. The third kappa shape index (κ3) is 3.75.